The molecule has 2 heterocycles. The van der Waals surface area contributed by atoms with Crippen molar-refractivity contribution in [3.63, 3.8) is 0 Å². The van der Waals surface area contributed by atoms with E-state index in [2.05, 4.69) is 15.3 Å². The van der Waals surface area contributed by atoms with Gasteiger partial charge in [-0.15, -0.1) is 11.3 Å². The van der Waals surface area contributed by atoms with Crippen molar-refractivity contribution < 1.29 is 4.79 Å². The van der Waals surface area contributed by atoms with Crippen LogP contribution in [0, 0.1) is 6.92 Å². The SMILES string of the molecule is Cc1nc(CN(C)C)sc1C(=O)NCc1cccnc1. The molecule has 5 nitrogen and oxygen atoms in total. The van der Waals surface area contributed by atoms with Gasteiger partial charge in [-0.05, 0) is 32.6 Å². The van der Waals surface area contributed by atoms with Gasteiger partial charge < -0.3 is 10.2 Å². The third-order valence-corrected chi connectivity index (χ3v) is 3.82. The van der Waals surface area contributed by atoms with E-state index >= 15 is 0 Å². The fourth-order valence-electron chi connectivity index (χ4n) is 1.77. The van der Waals surface area contributed by atoms with E-state index in [9.17, 15) is 4.79 Å². The molecule has 1 N–H and O–H groups in total. The molecule has 0 saturated carbocycles. The molecule has 106 valence electrons. The molecular formula is C14H18N4OS. The van der Waals surface area contributed by atoms with Gasteiger partial charge in [0, 0.05) is 25.5 Å². The maximum absolute atomic E-state index is 12.2. The van der Waals surface area contributed by atoms with E-state index in [4.69, 9.17) is 0 Å². The molecule has 0 saturated heterocycles. The van der Waals surface area contributed by atoms with Crippen LogP contribution in [-0.4, -0.2) is 34.9 Å². The average molecular weight is 290 g/mol. The predicted octanol–water partition coefficient (Wildman–Crippen LogP) is 1.84. The van der Waals surface area contributed by atoms with E-state index < -0.39 is 0 Å². The second-order valence-corrected chi connectivity index (χ2v) is 5.89. The second-order valence-electron chi connectivity index (χ2n) is 4.80. The molecule has 0 aliphatic carbocycles. The van der Waals surface area contributed by atoms with Crippen molar-refractivity contribution in [2.75, 3.05) is 14.1 Å². The van der Waals surface area contributed by atoms with Crippen LogP contribution in [0.4, 0.5) is 0 Å². The van der Waals surface area contributed by atoms with Crippen molar-refractivity contribution >= 4 is 17.2 Å². The Morgan fingerprint density at radius 2 is 2.25 bits per heavy atom. The minimum atomic E-state index is -0.0751. The van der Waals surface area contributed by atoms with E-state index in [0.29, 0.717) is 11.4 Å². The van der Waals surface area contributed by atoms with Gasteiger partial charge in [0.05, 0.1) is 5.69 Å². The molecule has 0 unspecified atom stereocenters. The number of hydrogen-bond acceptors (Lipinski definition) is 5. The van der Waals surface area contributed by atoms with E-state index in [1.807, 2.05) is 38.1 Å². The first-order valence-electron chi connectivity index (χ1n) is 6.34. The Balaban J connectivity index is 2.00. The molecule has 0 aliphatic rings. The predicted molar refractivity (Wildman–Crippen MR) is 79.6 cm³/mol. The van der Waals surface area contributed by atoms with Gasteiger partial charge in [-0.25, -0.2) is 4.98 Å². The summed E-state index contributed by atoms with van der Waals surface area (Å²) in [6.07, 6.45) is 3.46. The Morgan fingerprint density at radius 3 is 2.90 bits per heavy atom. The lowest BCUT2D eigenvalue weighted by Crippen LogP contribution is -2.22. The normalized spacial score (nSPS) is 10.8. The molecule has 0 radical (unpaired) electrons. The molecule has 0 aromatic carbocycles. The third-order valence-electron chi connectivity index (χ3n) is 2.67. The van der Waals surface area contributed by atoms with Crippen LogP contribution in [0.5, 0.6) is 0 Å². The molecule has 0 spiro atoms. The van der Waals surface area contributed by atoms with Gasteiger partial charge in [0.1, 0.15) is 9.88 Å². The Morgan fingerprint density at radius 1 is 1.45 bits per heavy atom. The summed E-state index contributed by atoms with van der Waals surface area (Å²) in [4.78, 5) is 23.3. The van der Waals surface area contributed by atoms with Crippen molar-refractivity contribution in [1.82, 2.24) is 20.2 Å². The van der Waals surface area contributed by atoms with Crippen molar-refractivity contribution in [2.45, 2.75) is 20.0 Å². The van der Waals surface area contributed by atoms with Crippen LogP contribution in [0.3, 0.4) is 0 Å². The highest BCUT2D eigenvalue weighted by Gasteiger charge is 2.15. The fourth-order valence-corrected chi connectivity index (χ4v) is 2.87. The van der Waals surface area contributed by atoms with Gasteiger partial charge in [-0.3, -0.25) is 9.78 Å². The molecule has 20 heavy (non-hydrogen) atoms. The maximum Gasteiger partial charge on any atom is 0.263 e. The van der Waals surface area contributed by atoms with Crippen LogP contribution in [0.2, 0.25) is 0 Å². The molecule has 2 aromatic rings. The summed E-state index contributed by atoms with van der Waals surface area (Å²) in [7, 11) is 3.97. The van der Waals surface area contributed by atoms with Crippen LogP contribution in [-0.2, 0) is 13.1 Å². The fraction of sp³-hybridized carbons (Fsp3) is 0.357. The topological polar surface area (TPSA) is 58.1 Å². The van der Waals surface area contributed by atoms with Crippen LogP contribution in [0.15, 0.2) is 24.5 Å². The van der Waals surface area contributed by atoms with E-state index in [0.717, 1.165) is 22.8 Å². The zero-order valence-corrected chi connectivity index (χ0v) is 12.7. The van der Waals surface area contributed by atoms with Crippen molar-refractivity contribution in [2.24, 2.45) is 0 Å². The number of carbonyl (C=O) groups is 1. The number of carbonyl (C=O) groups excluding carboxylic acids is 1. The Hall–Kier alpha value is -1.79. The number of nitrogens with zero attached hydrogens (tertiary/aromatic N) is 3. The molecule has 2 rings (SSSR count). The lowest BCUT2D eigenvalue weighted by molar-refractivity contribution is 0.0954. The summed E-state index contributed by atoms with van der Waals surface area (Å²) in [6.45, 7) is 3.10. The number of aromatic nitrogens is 2. The van der Waals surface area contributed by atoms with Crippen LogP contribution < -0.4 is 5.32 Å². The second kappa shape index (κ2) is 6.58. The lowest BCUT2D eigenvalue weighted by atomic mass is 10.3. The van der Waals surface area contributed by atoms with E-state index in [1.54, 1.807) is 12.4 Å². The van der Waals surface area contributed by atoms with Gasteiger partial charge in [0.2, 0.25) is 0 Å². The van der Waals surface area contributed by atoms with Gasteiger partial charge >= 0.3 is 0 Å². The first kappa shape index (κ1) is 14.6. The number of nitrogens with one attached hydrogen (secondary N) is 1. The van der Waals surface area contributed by atoms with Crippen LogP contribution >= 0.6 is 11.3 Å². The Labute approximate surface area is 122 Å². The van der Waals surface area contributed by atoms with Gasteiger partial charge in [-0.1, -0.05) is 6.07 Å². The molecule has 1 amide bonds. The zero-order valence-electron chi connectivity index (χ0n) is 11.9. The third kappa shape index (κ3) is 3.85. The van der Waals surface area contributed by atoms with Gasteiger partial charge in [0.15, 0.2) is 0 Å². The number of aryl methyl sites for hydroxylation is 1. The molecule has 0 bridgehead atoms. The zero-order chi connectivity index (χ0) is 14.5. The summed E-state index contributed by atoms with van der Waals surface area (Å²) in [5.74, 6) is -0.0751. The minimum absolute atomic E-state index is 0.0751. The highest BCUT2D eigenvalue weighted by Crippen LogP contribution is 2.19. The quantitative estimate of drug-likeness (QED) is 0.913. The molecule has 0 fully saturated rings. The lowest BCUT2D eigenvalue weighted by Gasteiger charge is -2.05. The van der Waals surface area contributed by atoms with Gasteiger partial charge in [0.25, 0.3) is 5.91 Å². The molecule has 6 heteroatoms. The van der Waals surface area contributed by atoms with Crippen molar-refractivity contribution in [1.29, 1.82) is 0 Å². The number of pyridine rings is 1. The summed E-state index contributed by atoms with van der Waals surface area (Å²) in [5, 5.41) is 3.86. The van der Waals surface area contributed by atoms with Crippen LogP contribution in [0.25, 0.3) is 0 Å². The summed E-state index contributed by atoms with van der Waals surface area (Å²) in [5.41, 5.74) is 1.77. The largest absolute Gasteiger partial charge is 0.347 e. The molecule has 0 aliphatic heterocycles. The van der Waals surface area contributed by atoms with Crippen molar-refractivity contribution in [3.05, 3.63) is 45.7 Å². The Bertz CT molecular complexity index is 580. The number of amides is 1. The minimum Gasteiger partial charge on any atom is -0.347 e. The first-order valence-corrected chi connectivity index (χ1v) is 7.16. The molecule has 2 aromatic heterocycles. The number of rotatable bonds is 5. The summed E-state index contributed by atoms with van der Waals surface area (Å²) in [6, 6.07) is 3.79. The highest BCUT2D eigenvalue weighted by molar-refractivity contribution is 7.13. The number of thiazole rings is 1. The smallest absolute Gasteiger partial charge is 0.263 e. The summed E-state index contributed by atoms with van der Waals surface area (Å²) < 4.78 is 0. The highest BCUT2D eigenvalue weighted by atomic mass is 32.1. The Kier molecular flexibility index (Phi) is 4.81. The average Bonchev–Trinajstić information content (AvgIpc) is 2.77. The van der Waals surface area contributed by atoms with Crippen molar-refractivity contribution in [3.8, 4) is 0 Å². The van der Waals surface area contributed by atoms with Crippen LogP contribution in [0.1, 0.15) is 25.9 Å². The maximum atomic E-state index is 12.2. The monoisotopic (exact) mass is 290 g/mol. The summed E-state index contributed by atoms with van der Waals surface area (Å²) >= 11 is 1.45. The van der Waals surface area contributed by atoms with Gasteiger partial charge in [-0.2, -0.15) is 0 Å². The molecule has 0 atom stereocenters. The molecular weight excluding hydrogens is 272 g/mol. The standard InChI is InChI=1S/C14H18N4OS/c1-10-13(20-12(17-10)9-18(2)3)14(19)16-8-11-5-4-6-15-7-11/h4-7H,8-9H2,1-3H3,(H,16,19). The number of hydrogen-bond donors (Lipinski definition) is 1. The van der Waals surface area contributed by atoms with E-state index in [1.165, 1.54) is 11.3 Å². The first-order chi connectivity index (χ1) is 9.56. The van der Waals surface area contributed by atoms with E-state index in [-0.39, 0.29) is 5.91 Å².